The van der Waals surface area contributed by atoms with Crippen LogP contribution in [0.3, 0.4) is 0 Å². The van der Waals surface area contributed by atoms with Gasteiger partial charge in [-0.3, -0.25) is 9.59 Å². The van der Waals surface area contributed by atoms with Gasteiger partial charge >= 0.3 is 0 Å². The van der Waals surface area contributed by atoms with Crippen molar-refractivity contribution < 1.29 is 9.59 Å². The molecule has 5 rings (SSSR count). The maximum Gasteiger partial charge on any atom is 0.242 e. The molecule has 5 atom stereocenters. The largest absolute Gasteiger partial charge is 0.355 e. The normalized spacial score (nSPS) is 35.8. The van der Waals surface area contributed by atoms with Crippen molar-refractivity contribution in [1.82, 2.24) is 10.6 Å². The number of amides is 2. The SMILES string of the molecule is CCNC(=O)[C@H](C)NC(=O)C12C[C@H]3C[C@@H](C1)CC(c1ccccc1)(C3)C2. The molecule has 2 amide bonds. The lowest BCUT2D eigenvalue weighted by Gasteiger charge is -2.61. The third kappa shape index (κ3) is 2.83. The highest BCUT2D eigenvalue weighted by Crippen LogP contribution is 2.65. The summed E-state index contributed by atoms with van der Waals surface area (Å²) in [5, 5.41) is 5.84. The zero-order valence-corrected chi connectivity index (χ0v) is 15.9. The van der Waals surface area contributed by atoms with Crippen molar-refractivity contribution in [3.05, 3.63) is 35.9 Å². The minimum Gasteiger partial charge on any atom is -0.355 e. The van der Waals surface area contributed by atoms with Gasteiger partial charge in [-0.25, -0.2) is 0 Å². The Morgan fingerprint density at radius 2 is 1.77 bits per heavy atom. The summed E-state index contributed by atoms with van der Waals surface area (Å²) < 4.78 is 0. The van der Waals surface area contributed by atoms with Gasteiger partial charge < -0.3 is 10.6 Å². The van der Waals surface area contributed by atoms with Crippen molar-refractivity contribution in [1.29, 1.82) is 0 Å². The Hall–Kier alpha value is -1.84. The number of hydrogen-bond donors (Lipinski definition) is 2. The summed E-state index contributed by atoms with van der Waals surface area (Å²) in [5.41, 5.74) is 1.27. The maximum atomic E-state index is 13.3. The quantitative estimate of drug-likeness (QED) is 0.853. The van der Waals surface area contributed by atoms with E-state index in [2.05, 4.69) is 41.0 Å². The highest BCUT2D eigenvalue weighted by atomic mass is 16.2. The van der Waals surface area contributed by atoms with Crippen LogP contribution in [0.2, 0.25) is 0 Å². The first kappa shape index (κ1) is 17.6. The Kier molecular flexibility index (Phi) is 4.32. The van der Waals surface area contributed by atoms with E-state index in [1.807, 2.05) is 6.92 Å². The number of carbonyl (C=O) groups is 2. The van der Waals surface area contributed by atoms with Crippen molar-refractivity contribution >= 4 is 11.8 Å². The van der Waals surface area contributed by atoms with E-state index in [0.29, 0.717) is 18.4 Å². The van der Waals surface area contributed by atoms with E-state index in [-0.39, 0.29) is 22.6 Å². The molecule has 4 nitrogen and oxygen atoms in total. The van der Waals surface area contributed by atoms with Crippen molar-refractivity contribution in [3.63, 3.8) is 0 Å². The van der Waals surface area contributed by atoms with Crippen LogP contribution >= 0.6 is 0 Å². The fourth-order valence-corrected chi connectivity index (χ4v) is 6.40. The molecule has 0 spiro atoms. The molecule has 0 aromatic heterocycles. The molecule has 4 bridgehead atoms. The van der Waals surface area contributed by atoms with Crippen molar-refractivity contribution in [2.75, 3.05) is 6.54 Å². The molecule has 2 N–H and O–H groups in total. The lowest BCUT2D eigenvalue weighted by Crippen LogP contribution is -2.60. The molecule has 26 heavy (non-hydrogen) atoms. The van der Waals surface area contributed by atoms with E-state index in [0.717, 1.165) is 19.3 Å². The van der Waals surface area contributed by atoms with Crippen LogP contribution in [0.15, 0.2) is 30.3 Å². The second kappa shape index (κ2) is 6.40. The highest BCUT2D eigenvalue weighted by Gasteiger charge is 2.61. The minimum absolute atomic E-state index is 0.0941. The monoisotopic (exact) mass is 354 g/mol. The lowest BCUT2D eigenvalue weighted by molar-refractivity contribution is -0.151. The van der Waals surface area contributed by atoms with Crippen LogP contribution < -0.4 is 10.6 Å². The predicted octanol–water partition coefficient (Wildman–Crippen LogP) is 3.17. The van der Waals surface area contributed by atoms with Crippen LogP contribution in [-0.2, 0) is 15.0 Å². The van der Waals surface area contributed by atoms with Gasteiger partial charge in [0.2, 0.25) is 11.8 Å². The molecule has 0 saturated heterocycles. The van der Waals surface area contributed by atoms with E-state index in [1.54, 1.807) is 6.92 Å². The van der Waals surface area contributed by atoms with Crippen molar-refractivity contribution in [2.45, 2.75) is 63.8 Å². The first-order valence-corrected chi connectivity index (χ1v) is 10.1. The average molecular weight is 354 g/mol. The van der Waals surface area contributed by atoms with Gasteiger partial charge in [-0.1, -0.05) is 30.3 Å². The molecule has 4 heteroatoms. The Bertz CT molecular complexity index is 685. The zero-order chi connectivity index (χ0) is 18.4. The summed E-state index contributed by atoms with van der Waals surface area (Å²) >= 11 is 0. The maximum absolute atomic E-state index is 13.3. The molecular formula is C22H30N2O2. The third-order valence-corrected chi connectivity index (χ3v) is 7.02. The summed E-state index contributed by atoms with van der Waals surface area (Å²) in [6.45, 7) is 4.27. The lowest BCUT2D eigenvalue weighted by atomic mass is 9.42. The Balaban J connectivity index is 1.58. The van der Waals surface area contributed by atoms with Gasteiger partial charge in [0.05, 0.1) is 5.41 Å². The van der Waals surface area contributed by atoms with Crippen LogP contribution in [0.25, 0.3) is 0 Å². The summed E-state index contributed by atoms with van der Waals surface area (Å²) in [4.78, 5) is 25.4. The fraction of sp³-hybridized carbons (Fsp3) is 0.636. The molecule has 4 aliphatic carbocycles. The molecule has 4 saturated carbocycles. The van der Waals surface area contributed by atoms with Crippen LogP contribution in [0.5, 0.6) is 0 Å². The van der Waals surface area contributed by atoms with Crippen LogP contribution in [0.1, 0.15) is 57.9 Å². The Morgan fingerprint density at radius 3 is 2.38 bits per heavy atom. The van der Waals surface area contributed by atoms with Gasteiger partial charge in [0, 0.05) is 6.54 Å². The van der Waals surface area contributed by atoms with Gasteiger partial charge in [0.15, 0.2) is 0 Å². The smallest absolute Gasteiger partial charge is 0.242 e. The number of hydrogen-bond acceptors (Lipinski definition) is 2. The molecular weight excluding hydrogens is 324 g/mol. The van der Waals surface area contributed by atoms with Gasteiger partial charge in [-0.15, -0.1) is 0 Å². The summed E-state index contributed by atoms with van der Waals surface area (Å²) in [5.74, 6) is 1.29. The Labute approximate surface area is 156 Å². The van der Waals surface area contributed by atoms with Gasteiger partial charge in [0.25, 0.3) is 0 Å². The number of benzene rings is 1. The standard InChI is InChI=1S/C22H30N2O2/c1-3-23-19(25)15(2)24-20(26)22-12-16-9-17(13-22)11-21(10-16,14-22)18-7-5-4-6-8-18/h4-8,15-17H,3,9-14H2,1-2H3,(H,23,25)(H,24,26)/t15-,16-,17+,21?,22?/m0/s1. The molecule has 0 radical (unpaired) electrons. The summed E-state index contributed by atoms with van der Waals surface area (Å²) in [6, 6.07) is 10.3. The number of rotatable bonds is 5. The average Bonchev–Trinajstić information content (AvgIpc) is 2.61. The highest BCUT2D eigenvalue weighted by molar-refractivity contribution is 5.90. The second-order valence-corrected chi connectivity index (χ2v) is 8.98. The van der Waals surface area contributed by atoms with Crippen molar-refractivity contribution in [3.8, 4) is 0 Å². The first-order chi connectivity index (χ1) is 12.5. The Morgan fingerprint density at radius 1 is 1.12 bits per heavy atom. The van der Waals surface area contributed by atoms with E-state index >= 15 is 0 Å². The zero-order valence-electron chi connectivity index (χ0n) is 15.9. The third-order valence-electron chi connectivity index (χ3n) is 7.02. The van der Waals surface area contributed by atoms with Gasteiger partial charge in [-0.05, 0) is 75.2 Å². The molecule has 0 aliphatic heterocycles. The van der Waals surface area contributed by atoms with Gasteiger partial charge in [0.1, 0.15) is 6.04 Å². The van der Waals surface area contributed by atoms with Crippen LogP contribution in [-0.4, -0.2) is 24.4 Å². The predicted molar refractivity (Wildman–Crippen MR) is 102 cm³/mol. The molecule has 4 fully saturated rings. The topological polar surface area (TPSA) is 58.2 Å². The first-order valence-electron chi connectivity index (χ1n) is 10.1. The van der Waals surface area contributed by atoms with E-state index < -0.39 is 6.04 Å². The summed E-state index contributed by atoms with van der Waals surface area (Å²) in [6.07, 6.45) is 6.63. The molecule has 0 heterocycles. The van der Waals surface area contributed by atoms with Crippen LogP contribution in [0.4, 0.5) is 0 Å². The molecule has 2 unspecified atom stereocenters. The molecule has 1 aromatic rings. The van der Waals surface area contributed by atoms with Crippen LogP contribution in [0, 0.1) is 17.3 Å². The molecule has 1 aromatic carbocycles. The number of likely N-dealkylation sites (N-methyl/N-ethyl adjacent to an activating group) is 1. The van der Waals surface area contributed by atoms with E-state index in [9.17, 15) is 9.59 Å². The fourth-order valence-electron chi connectivity index (χ4n) is 6.40. The number of carbonyl (C=O) groups excluding carboxylic acids is 2. The van der Waals surface area contributed by atoms with Crippen molar-refractivity contribution in [2.24, 2.45) is 17.3 Å². The van der Waals surface area contributed by atoms with E-state index in [4.69, 9.17) is 0 Å². The number of nitrogens with one attached hydrogen (secondary N) is 2. The van der Waals surface area contributed by atoms with Gasteiger partial charge in [-0.2, -0.15) is 0 Å². The molecule has 4 aliphatic rings. The van der Waals surface area contributed by atoms with E-state index in [1.165, 1.54) is 24.8 Å². The summed E-state index contributed by atoms with van der Waals surface area (Å²) in [7, 11) is 0. The molecule has 140 valence electrons. The second-order valence-electron chi connectivity index (χ2n) is 8.98. The minimum atomic E-state index is -0.469.